The van der Waals surface area contributed by atoms with Crippen molar-refractivity contribution in [2.45, 2.75) is 45.1 Å². The minimum absolute atomic E-state index is 0.0398. The summed E-state index contributed by atoms with van der Waals surface area (Å²) < 4.78 is 31.7. The predicted molar refractivity (Wildman–Crippen MR) is 68.7 cm³/mol. The van der Waals surface area contributed by atoms with Crippen LogP contribution < -0.4 is 10.5 Å². The van der Waals surface area contributed by atoms with E-state index >= 15 is 0 Å². The number of sulfonamides is 1. The van der Waals surface area contributed by atoms with Crippen LogP contribution in [0.25, 0.3) is 0 Å². The zero-order chi connectivity index (χ0) is 14.8. The van der Waals surface area contributed by atoms with Gasteiger partial charge in [0.25, 0.3) is 0 Å². The van der Waals surface area contributed by atoms with Gasteiger partial charge in [-0.1, -0.05) is 25.4 Å². The fourth-order valence-electron chi connectivity index (χ4n) is 1.77. The van der Waals surface area contributed by atoms with Crippen LogP contribution in [-0.4, -0.2) is 25.5 Å². The highest BCUT2D eigenvalue weighted by molar-refractivity contribution is 7.89. The zero-order valence-electron chi connectivity index (χ0n) is 11.4. The van der Waals surface area contributed by atoms with Gasteiger partial charge in [0.1, 0.15) is 16.6 Å². The molecule has 0 radical (unpaired) electrons. The average molecular weight is 289 g/mol. The van der Waals surface area contributed by atoms with E-state index in [1.807, 2.05) is 6.92 Å². The van der Waals surface area contributed by atoms with E-state index in [4.69, 9.17) is 10.3 Å². The summed E-state index contributed by atoms with van der Waals surface area (Å²) >= 11 is 0. The first-order chi connectivity index (χ1) is 8.70. The van der Waals surface area contributed by atoms with Crippen LogP contribution in [0.5, 0.6) is 0 Å². The fraction of sp³-hybridized carbons (Fsp3) is 0.636. The maximum Gasteiger partial charge on any atom is 0.246 e. The number of nitrogens with zero attached hydrogens (tertiary/aromatic N) is 1. The van der Waals surface area contributed by atoms with Crippen LogP contribution in [-0.2, 0) is 14.8 Å². The predicted octanol–water partition coefficient (Wildman–Crippen LogP) is 0.470. The normalized spacial score (nSPS) is 15.2. The average Bonchev–Trinajstić information content (AvgIpc) is 2.65. The molecule has 0 aliphatic carbocycles. The molecule has 108 valence electrons. The lowest BCUT2D eigenvalue weighted by Gasteiger charge is -2.20. The summed E-state index contributed by atoms with van der Waals surface area (Å²) in [6.45, 7) is 6.63. The number of nitrogens with two attached hydrogens (primary N) is 1. The maximum atomic E-state index is 12.3. The van der Waals surface area contributed by atoms with E-state index in [9.17, 15) is 13.2 Å². The van der Waals surface area contributed by atoms with Gasteiger partial charge in [0.2, 0.25) is 15.9 Å². The minimum Gasteiger partial charge on any atom is -0.368 e. The van der Waals surface area contributed by atoms with E-state index in [1.54, 1.807) is 6.92 Å². The van der Waals surface area contributed by atoms with Crippen LogP contribution in [0.15, 0.2) is 9.42 Å². The molecule has 1 rings (SSSR count). The Labute approximate surface area is 112 Å². The van der Waals surface area contributed by atoms with E-state index in [1.165, 1.54) is 13.8 Å². The highest BCUT2D eigenvalue weighted by Gasteiger charge is 2.31. The van der Waals surface area contributed by atoms with Crippen molar-refractivity contribution in [1.82, 2.24) is 9.88 Å². The number of carbonyl (C=O) groups excluding carboxylic acids is 1. The van der Waals surface area contributed by atoms with Crippen LogP contribution in [0.1, 0.15) is 31.7 Å². The number of aryl methyl sites for hydroxylation is 2. The topological polar surface area (TPSA) is 115 Å². The number of aromatic nitrogens is 1. The fourth-order valence-corrected chi connectivity index (χ4v) is 3.42. The summed E-state index contributed by atoms with van der Waals surface area (Å²) in [4.78, 5) is 11.3. The summed E-state index contributed by atoms with van der Waals surface area (Å²) in [7, 11) is -3.88. The van der Waals surface area contributed by atoms with Gasteiger partial charge in [-0.05, 0) is 19.8 Å². The summed E-state index contributed by atoms with van der Waals surface area (Å²) in [5.41, 5.74) is 5.49. The Bertz CT molecular complexity index is 545. The summed E-state index contributed by atoms with van der Waals surface area (Å²) in [5, 5.41) is 3.59. The molecule has 0 fully saturated rings. The molecule has 0 aromatic carbocycles. The van der Waals surface area contributed by atoms with Crippen molar-refractivity contribution >= 4 is 15.9 Å². The van der Waals surface area contributed by atoms with Crippen molar-refractivity contribution in [1.29, 1.82) is 0 Å². The molecule has 1 aromatic heterocycles. The monoisotopic (exact) mass is 289 g/mol. The van der Waals surface area contributed by atoms with Gasteiger partial charge in [0, 0.05) is 0 Å². The number of carbonyl (C=O) groups is 1. The van der Waals surface area contributed by atoms with Gasteiger partial charge in [0.15, 0.2) is 5.76 Å². The molecule has 1 aromatic rings. The summed E-state index contributed by atoms with van der Waals surface area (Å²) in [5.74, 6) is -0.727. The first-order valence-corrected chi connectivity index (χ1v) is 7.43. The summed E-state index contributed by atoms with van der Waals surface area (Å²) in [6.07, 6.45) is 0.623. The van der Waals surface area contributed by atoms with E-state index in [2.05, 4.69) is 9.88 Å². The lowest BCUT2D eigenvalue weighted by atomic mass is 10.00. The first kappa shape index (κ1) is 15.6. The van der Waals surface area contributed by atoms with Crippen LogP contribution in [0, 0.1) is 19.8 Å². The Balaban J connectivity index is 3.12. The highest BCUT2D eigenvalue weighted by atomic mass is 32.2. The lowest BCUT2D eigenvalue weighted by molar-refractivity contribution is -0.120. The molecule has 0 aliphatic heterocycles. The van der Waals surface area contributed by atoms with Crippen molar-refractivity contribution in [2.24, 2.45) is 11.7 Å². The second-order valence-corrected chi connectivity index (χ2v) is 6.19. The Morgan fingerprint density at radius 1 is 1.47 bits per heavy atom. The Morgan fingerprint density at radius 3 is 2.42 bits per heavy atom. The molecule has 0 aliphatic rings. The highest BCUT2D eigenvalue weighted by Crippen LogP contribution is 2.20. The van der Waals surface area contributed by atoms with Gasteiger partial charge in [-0.3, -0.25) is 4.79 Å². The molecule has 2 atom stereocenters. The van der Waals surface area contributed by atoms with Gasteiger partial charge in [0.05, 0.1) is 0 Å². The molecule has 0 saturated carbocycles. The molecule has 7 nitrogen and oxygen atoms in total. The SMILES string of the molecule is CC[C@@H](C)[C@H](NS(=O)(=O)c1c(C)noc1C)C(N)=O. The molecule has 0 unspecified atom stereocenters. The molecular weight excluding hydrogens is 270 g/mol. The van der Waals surface area contributed by atoms with Crippen LogP contribution in [0.4, 0.5) is 0 Å². The number of hydrogen-bond donors (Lipinski definition) is 2. The van der Waals surface area contributed by atoms with Crippen molar-refractivity contribution in [3.05, 3.63) is 11.5 Å². The number of nitrogens with one attached hydrogen (secondary N) is 1. The minimum atomic E-state index is -3.88. The number of primary amides is 1. The number of rotatable bonds is 6. The molecule has 3 N–H and O–H groups in total. The van der Waals surface area contributed by atoms with Crippen molar-refractivity contribution < 1.29 is 17.7 Å². The van der Waals surface area contributed by atoms with Crippen molar-refractivity contribution in [3.8, 4) is 0 Å². The van der Waals surface area contributed by atoms with Crippen LogP contribution in [0.3, 0.4) is 0 Å². The number of amides is 1. The van der Waals surface area contributed by atoms with Crippen molar-refractivity contribution in [3.63, 3.8) is 0 Å². The zero-order valence-corrected chi connectivity index (χ0v) is 12.2. The third-order valence-corrected chi connectivity index (χ3v) is 4.72. The van der Waals surface area contributed by atoms with E-state index in [0.717, 1.165) is 0 Å². The number of hydrogen-bond acceptors (Lipinski definition) is 5. The first-order valence-electron chi connectivity index (χ1n) is 5.95. The molecule has 0 bridgehead atoms. The van der Waals surface area contributed by atoms with E-state index in [0.29, 0.717) is 6.42 Å². The molecular formula is C11H19N3O4S. The molecule has 1 amide bonds. The molecule has 0 spiro atoms. The Hall–Kier alpha value is -1.41. The van der Waals surface area contributed by atoms with Gasteiger partial charge in [-0.25, -0.2) is 8.42 Å². The van der Waals surface area contributed by atoms with Gasteiger partial charge in [-0.2, -0.15) is 4.72 Å². The van der Waals surface area contributed by atoms with Crippen LogP contribution >= 0.6 is 0 Å². The second-order valence-electron chi connectivity index (χ2n) is 4.54. The van der Waals surface area contributed by atoms with Crippen molar-refractivity contribution in [2.75, 3.05) is 0 Å². The molecule has 1 heterocycles. The lowest BCUT2D eigenvalue weighted by Crippen LogP contribution is -2.48. The van der Waals surface area contributed by atoms with E-state index in [-0.39, 0.29) is 22.3 Å². The summed E-state index contributed by atoms with van der Waals surface area (Å²) in [6, 6.07) is -0.955. The van der Waals surface area contributed by atoms with Gasteiger partial charge < -0.3 is 10.3 Å². The standard InChI is InChI=1S/C11H19N3O4S/c1-5-6(2)9(11(12)15)14-19(16,17)10-7(3)13-18-8(10)4/h6,9,14H,5H2,1-4H3,(H2,12,15)/t6-,9+/m1/s1. The smallest absolute Gasteiger partial charge is 0.246 e. The Kier molecular flexibility index (Phi) is 4.70. The molecule has 19 heavy (non-hydrogen) atoms. The van der Waals surface area contributed by atoms with E-state index < -0.39 is 22.0 Å². The van der Waals surface area contributed by atoms with Gasteiger partial charge in [-0.15, -0.1) is 0 Å². The second kappa shape index (κ2) is 5.70. The Morgan fingerprint density at radius 2 is 2.05 bits per heavy atom. The quantitative estimate of drug-likeness (QED) is 0.789. The molecule has 8 heteroatoms. The van der Waals surface area contributed by atoms with Gasteiger partial charge >= 0.3 is 0 Å². The third kappa shape index (κ3) is 3.32. The largest absolute Gasteiger partial charge is 0.368 e. The molecule has 0 saturated heterocycles. The third-order valence-electron chi connectivity index (χ3n) is 3.04. The van der Waals surface area contributed by atoms with Crippen LogP contribution in [0.2, 0.25) is 0 Å². The maximum absolute atomic E-state index is 12.3.